The van der Waals surface area contributed by atoms with Gasteiger partial charge in [-0.2, -0.15) is 13.9 Å². The van der Waals surface area contributed by atoms with Crippen LogP contribution < -0.4 is 4.74 Å². The molecule has 2 aromatic heterocycles. The summed E-state index contributed by atoms with van der Waals surface area (Å²) < 4.78 is 40.7. The molecule has 30 heavy (non-hydrogen) atoms. The van der Waals surface area contributed by atoms with E-state index in [1.54, 1.807) is 19.9 Å². The van der Waals surface area contributed by atoms with Crippen molar-refractivity contribution < 1.29 is 32.6 Å². The first kappa shape index (κ1) is 21.2. The van der Waals surface area contributed by atoms with E-state index in [-0.39, 0.29) is 30.1 Å². The first-order valence-electron chi connectivity index (χ1n) is 9.01. The second kappa shape index (κ2) is 8.85. The number of esters is 2. The summed E-state index contributed by atoms with van der Waals surface area (Å²) in [6.45, 7) is 0.387. The third kappa shape index (κ3) is 4.37. The van der Waals surface area contributed by atoms with Gasteiger partial charge >= 0.3 is 18.6 Å². The molecule has 1 aromatic carbocycles. The van der Waals surface area contributed by atoms with Crippen LogP contribution in [-0.4, -0.2) is 47.0 Å². The molecule has 0 bridgehead atoms. The van der Waals surface area contributed by atoms with Crippen molar-refractivity contribution >= 4 is 23.0 Å². The van der Waals surface area contributed by atoms with Crippen molar-refractivity contribution in [2.45, 2.75) is 27.0 Å². The smallest absolute Gasteiger partial charge is 0.387 e. The lowest BCUT2D eigenvalue weighted by Crippen LogP contribution is -2.15. The van der Waals surface area contributed by atoms with Gasteiger partial charge in [-0.25, -0.2) is 14.5 Å². The Bertz CT molecular complexity index is 1100. The summed E-state index contributed by atoms with van der Waals surface area (Å²) in [6, 6.07) is 7.40. The highest BCUT2D eigenvalue weighted by Gasteiger charge is 2.22. The van der Waals surface area contributed by atoms with Crippen LogP contribution in [0.5, 0.6) is 5.75 Å². The highest BCUT2D eigenvalue weighted by atomic mass is 19.3. The molecular weight excluding hydrogens is 400 g/mol. The number of rotatable bonds is 7. The molecule has 0 unspecified atom stereocenters. The molecule has 3 rings (SSSR count). The molecule has 0 saturated carbocycles. The number of aryl methyl sites for hydroxylation is 1. The van der Waals surface area contributed by atoms with E-state index in [2.05, 4.69) is 14.8 Å². The van der Waals surface area contributed by atoms with Gasteiger partial charge in [-0.15, -0.1) is 0 Å². The molecule has 2 heterocycles. The van der Waals surface area contributed by atoms with Crippen LogP contribution in [0, 0.1) is 6.92 Å². The fraction of sp³-hybridized carbons (Fsp3) is 0.300. The van der Waals surface area contributed by atoms with Gasteiger partial charge in [0.15, 0.2) is 5.65 Å². The minimum Gasteiger partial charge on any atom is -0.465 e. The van der Waals surface area contributed by atoms with Crippen molar-refractivity contribution in [3.05, 3.63) is 41.6 Å². The number of alkyl halides is 2. The Labute approximate surface area is 170 Å². The summed E-state index contributed by atoms with van der Waals surface area (Å²) in [7, 11) is 1.24. The van der Waals surface area contributed by atoms with E-state index in [0.717, 1.165) is 0 Å². The standard InChI is InChI=1S/C20H19F2N3O5/c1-4-29-16(26)10-25-18-17(11(2)24-25)14(19(27)28-3)9-15(23-18)12-6-5-7-13(8-12)30-20(21)22/h5-9,20H,4,10H2,1-3H3. The number of nitrogens with zero attached hydrogens (tertiary/aromatic N) is 3. The van der Waals surface area contributed by atoms with E-state index in [0.29, 0.717) is 22.3 Å². The zero-order chi connectivity index (χ0) is 21.8. The summed E-state index contributed by atoms with van der Waals surface area (Å²) >= 11 is 0. The molecule has 0 N–H and O–H groups in total. The maximum absolute atomic E-state index is 12.6. The summed E-state index contributed by atoms with van der Waals surface area (Å²) in [4.78, 5) is 28.9. The van der Waals surface area contributed by atoms with Crippen molar-refractivity contribution in [2.75, 3.05) is 13.7 Å². The number of benzene rings is 1. The van der Waals surface area contributed by atoms with E-state index >= 15 is 0 Å². The minimum absolute atomic E-state index is 0.0553. The topological polar surface area (TPSA) is 92.5 Å². The lowest BCUT2D eigenvalue weighted by Gasteiger charge is -2.10. The number of fused-ring (bicyclic) bond motifs is 1. The Morgan fingerprint density at radius 3 is 2.67 bits per heavy atom. The molecule has 0 aliphatic carbocycles. The van der Waals surface area contributed by atoms with Crippen LogP contribution in [0.15, 0.2) is 30.3 Å². The van der Waals surface area contributed by atoms with Crippen molar-refractivity contribution in [3.8, 4) is 17.0 Å². The maximum atomic E-state index is 12.6. The van der Waals surface area contributed by atoms with Crippen LogP contribution in [0.3, 0.4) is 0 Å². The number of methoxy groups -OCH3 is 1. The monoisotopic (exact) mass is 419 g/mol. The van der Waals surface area contributed by atoms with Gasteiger partial charge in [0.2, 0.25) is 0 Å². The largest absolute Gasteiger partial charge is 0.465 e. The van der Waals surface area contributed by atoms with Crippen LogP contribution in [0.1, 0.15) is 23.0 Å². The van der Waals surface area contributed by atoms with Crippen molar-refractivity contribution in [1.29, 1.82) is 0 Å². The Kier molecular flexibility index (Phi) is 6.24. The Hall–Kier alpha value is -3.56. The number of ether oxygens (including phenoxy) is 3. The van der Waals surface area contributed by atoms with E-state index < -0.39 is 18.6 Å². The Morgan fingerprint density at radius 1 is 1.23 bits per heavy atom. The third-order valence-electron chi connectivity index (χ3n) is 4.22. The number of hydrogen-bond acceptors (Lipinski definition) is 7. The first-order chi connectivity index (χ1) is 14.3. The Balaban J connectivity index is 2.18. The number of pyridine rings is 1. The van der Waals surface area contributed by atoms with Gasteiger partial charge in [-0.05, 0) is 32.0 Å². The average Bonchev–Trinajstić information content (AvgIpc) is 3.02. The highest BCUT2D eigenvalue weighted by molar-refractivity contribution is 6.05. The average molecular weight is 419 g/mol. The molecule has 0 aliphatic rings. The molecule has 0 spiro atoms. The molecule has 0 radical (unpaired) electrons. The molecule has 0 atom stereocenters. The predicted octanol–water partition coefficient (Wildman–Crippen LogP) is 3.36. The first-order valence-corrected chi connectivity index (χ1v) is 9.01. The fourth-order valence-corrected chi connectivity index (χ4v) is 3.04. The van der Waals surface area contributed by atoms with Gasteiger partial charge in [0.25, 0.3) is 0 Å². The van der Waals surface area contributed by atoms with Crippen LogP contribution in [0.2, 0.25) is 0 Å². The Morgan fingerprint density at radius 2 is 2.00 bits per heavy atom. The van der Waals surface area contributed by atoms with Gasteiger partial charge in [0.1, 0.15) is 12.3 Å². The van der Waals surface area contributed by atoms with Crippen LogP contribution in [-0.2, 0) is 20.8 Å². The molecular formula is C20H19F2N3O5. The lowest BCUT2D eigenvalue weighted by atomic mass is 10.1. The lowest BCUT2D eigenvalue weighted by molar-refractivity contribution is -0.143. The van der Waals surface area contributed by atoms with E-state index in [1.165, 1.54) is 36.1 Å². The van der Waals surface area contributed by atoms with Gasteiger partial charge in [0.05, 0.1) is 36.1 Å². The van der Waals surface area contributed by atoms with E-state index in [9.17, 15) is 18.4 Å². The number of aromatic nitrogens is 3. The fourth-order valence-electron chi connectivity index (χ4n) is 3.04. The molecule has 10 heteroatoms. The van der Waals surface area contributed by atoms with Crippen molar-refractivity contribution in [2.24, 2.45) is 0 Å². The van der Waals surface area contributed by atoms with Crippen molar-refractivity contribution in [1.82, 2.24) is 14.8 Å². The second-order valence-corrected chi connectivity index (χ2v) is 6.20. The quantitative estimate of drug-likeness (QED) is 0.542. The summed E-state index contributed by atoms with van der Waals surface area (Å²) in [5.41, 5.74) is 1.65. The highest BCUT2D eigenvalue weighted by Crippen LogP contribution is 2.29. The van der Waals surface area contributed by atoms with Gasteiger partial charge in [-0.3, -0.25) is 4.79 Å². The van der Waals surface area contributed by atoms with Crippen molar-refractivity contribution in [3.63, 3.8) is 0 Å². The number of hydrogen-bond donors (Lipinski definition) is 0. The molecule has 0 amide bonds. The van der Waals surface area contributed by atoms with Gasteiger partial charge in [0, 0.05) is 5.56 Å². The molecule has 0 saturated heterocycles. The summed E-state index contributed by atoms with van der Waals surface area (Å²) in [6.07, 6.45) is 0. The zero-order valence-corrected chi connectivity index (χ0v) is 16.5. The predicted molar refractivity (Wildman–Crippen MR) is 102 cm³/mol. The zero-order valence-electron chi connectivity index (χ0n) is 16.5. The normalized spacial score (nSPS) is 11.0. The number of carbonyl (C=O) groups excluding carboxylic acids is 2. The summed E-state index contributed by atoms with van der Waals surface area (Å²) in [5.74, 6) is -1.19. The molecule has 3 aromatic rings. The van der Waals surface area contributed by atoms with Gasteiger partial charge in [-0.1, -0.05) is 12.1 Å². The third-order valence-corrected chi connectivity index (χ3v) is 4.22. The summed E-state index contributed by atoms with van der Waals surface area (Å²) in [5, 5.41) is 4.73. The van der Waals surface area contributed by atoms with Gasteiger partial charge < -0.3 is 14.2 Å². The van der Waals surface area contributed by atoms with Crippen LogP contribution >= 0.6 is 0 Å². The van der Waals surface area contributed by atoms with E-state index in [1.807, 2.05) is 0 Å². The van der Waals surface area contributed by atoms with Crippen LogP contribution in [0.4, 0.5) is 8.78 Å². The SMILES string of the molecule is CCOC(=O)Cn1nc(C)c2c(C(=O)OC)cc(-c3cccc(OC(F)F)c3)nc21. The number of halogens is 2. The number of carbonyl (C=O) groups is 2. The van der Waals surface area contributed by atoms with E-state index in [4.69, 9.17) is 9.47 Å². The molecule has 0 aliphatic heterocycles. The second-order valence-electron chi connectivity index (χ2n) is 6.20. The maximum Gasteiger partial charge on any atom is 0.387 e. The molecule has 158 valence electrons. The minimum atomic E-state index is -2.98. The molecule has 8 nitrogen and oxygen atoms in total. The molecule has 0 fully saturated rings. The van der Waals surface area contributed by atoms with Crippen LogP contribution in [0.25, 0.3) is 22.3 Å².